The average molecular weight is 442 g/mol. The predicted molar refractivity (Wildman–Crippen MR) is 120 cm³/mol. The Morgan fingerprint density at radius 2 is 1.59 bits per heavy atom. The minimum absolute atomic E-state index is 0.0999. The highest BCUT2D eigenvalue weighted by atomic mass is 16.5. The summed E-state index contributed by atoms with van der Waals surface area (Å²) in [4.78, 5) is 25.0. The number of aliphatic hydroxyl groups excluding tert-OH is 1. The second kappa shape index (κ2) is 11.5. The van der Waals surface area contributed by atoms with E-state index in [1.54, 1.807) is 18.2 Å². The van der Waals surface area contributed by atoms with E-state index in [1.165, 1.54) is 0 Å². The molecular weight excluding hydrogens is 410 g/mol. The highest BCUT2D eigenvalue weighted by Gasteiger charge is 2.40. The largest absolute Gasteiger partial charge is 0.489 e. The Bertz CT molecular complexity index is 891. The van der Waals surface area contributed by atoms with Crippen molar-refractivity contribution in [2.24, 2.45) is 0 Å². The Hall–Kier alpha value is -3.06. The Kier molecular flexibility index (Phi) is 8.50. The van der Waals surface area contributed by atoms with Gasteiger partial charge in [-0.2, -0.15) is 0 Å². The first-order valence-corrected chi connectivity index (χ1v) is 11.1. The molecule has 1 aliphatic rings. The van der Waals surface area contributed by atoms with Crippen LogP contribution in [0, 0.1) is 0 Å². The highest BCUT2D eigenvalue weighted by molar-refractivity contribution is 5.98. The quantitative estimate of drug-likeness (QED) is 0.487. The van der Waals surface area contributed by atoms with Crippen molar-refractivity contribution in [3.63, 3.8) is 0 Å². The number of rotatable bonds is 10. The van der Waals surface area contributed by atoms with Crippen molar-refractivity contribution in [3.8, 4) is 11.5 Å². The van der Waals surface area contributed by atoms with Crippen LogP contribution in [0.3, 0.4) is 0 Å². The van der Waals surface area contributed by atoms with Crippen LogP contribution >= 0.6 is 0 Å². The lowest BCUT2D eigenvalue weighted by Crippen LogP contribution is -2.54. The van der Waals surface area contributed by atoms with Crippen LogP contribution in [0.15, 0.2) is 48.5 Å². The van der Waals surface area contributed by atoms with Gasteiger partial charge in [-0.15, -0.1) is 0 Å². The van der Waals surface area contributed by atoms with Crippen molar-refractivity contribution >= 4 is 11.9 Å². The Morgan fingerprint density at radius 3 is 2.25 bits per heavy atom. The number of amides is 1. The number of ether oxygens (including phenoxy) is 2. The summed E-state index contributed by atoms with van der Waals surface area (Å²) < 4.78 is 11.5. The zero-order valence-electron chi connectivity index (χ0n) is 18.2. The molecule has 1 saturated carbocycles. The molecular formula is C25H31NO6. The van der Waals surface area contributed by atoms with Crippen LogP contribution in [-0.4, -0.2) is 47.4 Å². The predicted octanol–water partition coefficient (Wildman–Crippen LogP) is 3.59. The number of nitrogens with one attached hydrogen (secondary N) is 1. The monoisotopic (exact) mass is 441 g/mol. The number of carbonyl (C=O) groups is 2. The summed E-state index contributed by atoms with van der Waals surface area (Å²) in [5.74, 6) is -0.635. The molecule has 0 aromatic heterocycles. The maximum Gasteiger partial charge on any atom is 0.329 e. The third-order valence-corrected chi connectivity index (χ3v) is 5.77. The minimum Gasteiger partial charge on any atom is -0.489 e. The smallest absolute Gasteiger partial charge is 0.329 e. The van der Waals surface area contributed by atoms with E-state index in [9.17, 15) is 14.7 Å². The molecule has 3 N–H and O–H groups in total. The molecule has 7 heteroatoms. The molecule has 172 valence electrons. The van der Waals surface area contributed by atoms with E-state index in [2.05, 4.69) is 5.32 Å². The van der Waals surface area contributed by atoms with Crippen molar-refractivity contribution in [1.29, 1.82) is 0 Å². The first kappa shape index (κ1) is 23.6. The zero-order valence-corrected chi connectivity index (χ0v) is 18.2. The van der Waals surface area contributed by atoms with Crippen LogP contribution in [0.25, 0.3) is 0 Å². The molecule has 1 fully saturated rings. The van der Waals surface area contributed by atoms with Gasteiger partial charge in [0.15, 0.2) is 11.5 Å². The van der Waals surface area contributed by atoms with Crippen LogP contribution < -0.4 is 14.8 Å². The Balaban J connectivity index is 1.75. The fourth-order valence-electron chi connectivity index (χ4n) is 3.97. The normalized spacial score (nSPS) is 15.4. The van der Waals surface area contributed by atoms with E-state index in [-0.39, 0.29) is 13.2 Å². The lowest BCUT2D eigenvalue weighted by Gasteiger charge is -2.29. The summed E-state index contributed by atoms with van der Waals surface area (Å²) in [6.07, 6.45) is 5.02. The summed E-state index contributed by atoms with van der Waals surface area (Å²) in [5.41, 5.74) is 0.186. The molecule has 32 heavy (non-hydrogen) atoms. The van der Waals surface area contributed by atoms with Crippen molar-refractivity contribution in [2.45, 2.75) is 50.5 Å². The van der Waals surface area contributed by atoms with Gasteiger partial charge < -0.3 is 25.0 Å². The van der Waals surface area contributed by atoms with Gasteiger partial charge in [0.25, 0.3) is 5.91 Å². The molecule has 2 aromatic rings. The van der Waals surface area contributed by atoms with Crippen molar-refractivity contribution in [3.05, 3.63) is 59.7 Å². The summed E-state index contributed by atoms with van der Waals surface area (Å²) in [6.45, 7) is 0.333. The molecule has 0 saturated heterocycles. The maximum absolute atomic E-state index is 13.0. The standard InChI is InChI=1S/C25H31NO6/c27-15-17-32-21-11-10-20(18-22(21)31-16-12-19-8-4-3-5-9-19)23(28)26-25(24(29)30)13-6-1-2-7-14-25/h3-5,8-11,18,27H,1-2,6-7,12-17H2,(H,26,28)(H,29,30). The molecule has 0 spiro atoms. The number of hydrogen-bond donors (Lipinski definition) is 3. The zero-order chi connectivity index (χ0) is 22.8. The summed E-state index contributed by atoms with van der Waals surface area (Å²) in [6, 6.07) is 14.7. The van der Waals surface area contributed by atoms with Crippen molar-refractivity contribution in [1.82, 2.24) is 5.32 Å². The second-order valence-electron chi connectivity index (χ2n) is 8.07. The molecule has 2 aromatic carbocycles. The van der Waals surface area contributed by atoms with Gasteiger partial charge in [-0.3, -0.25) is 4.79 Å². The van der Waals surface area contributed by atoms with Crippen LogP contribution in [0.5, 0.6) is 11.5 Å². The molecule has 0 heterocycles. The van der Waals surface area contributed by atoms with Crippen LogP contribution in [-0.2, 0) is 11.2 Å². The topological polar surface area (TPSA) is 105 Å². The number of aliphatic carboxylic acids is 1. The molecule has 0 radical (unpaired) electrons. The third-order valence-electron chi connectivity index (χ3n) is 5.77. The fraction of sp³-hybridized carbons (Fsp3) is 0.440. The van der Waals surface area contributed by atoms with Crippen LogP contribution in [0.4, 0.5) is 0 Å². The molecule has 7 nitrogen and oxygen atoms in total. The van der Waals surface area contributed by atoms with Gasteiger partial charge in [-0.25, -0.2) is 4.79 Å². The van der Waals surface area contributed by atoms with Crippen molar-refractivity contribution < 1.29 is 29.3 Å². The first-order chi connectivity index (χ1) is 15.5. The Labute approximate surface area is 188 Å². The van der Waals surface area contributed by atoms with E-state index < -0.39 is 17.4 Å². The highest BCUT2D eigenvalue weighted by Crippen LogP contribution is 2.31. The van der Waals surface area contributed by atoms with E-state index in [4.69, 9.17) is 14.6 Å². The number of aliphatic hydroxyl groups is 1. The minimum atomic E-state index is -1.24. The summed E-state index contributed by atoms with van der Waals surface area (Å²) in [5, 5.41) is 21.7. The maximum atomic E-state index is 13.0. The summed E-state index contributed by atoms with van der Waals surface area (Å²) in [7, 11) is 0. The van der Waals surface area contributed by atoms with Gasteiger partial charge in [0, 0.05) is 12.0 Å². The van der Waals surface area contributed by atoms with E-state index in [0.717, 1.165) is 31.2 Å². The number of carbonyl (C=O) groups excluding carboxylic acids is 1. The second-order valence-corrected chi connectivity index (χ2v) is 8.07. The van der Waals surface area contributed by atoms with Gasteiger partial charge >= 0.3 is 5.97 Å². The fourth-order valence-corrected chi connectivity index (χ4v) is 3.97. The molecule has 0 atom stereocenters. The van der Waals surface area contributed by atoms with Gasteiger partial charge in [-0.05, 0) is 36.6 Å². The SMILES string of the molecule is O=C(NC1(C(=O)O)CCCCCC1)c1ccc(OCCO)c(OCCc2ccccc2)c1. The van der Waals surface area contributed by atoms with E-state index in [0.29, 0.717) is 42.9 Å². The van der Waals surface area contributed by atoms with Gasteiger partial charge in [-0.1, -0.05) is 56.0 Å². The number of hydrogen-bond acceptors (Lipinski definition) is 5. The van der Waals surface area contributed by atoms with Gasteiger partial charge in [0.05, 0.1) is 13.2 Å². The molecule has 0 bridgehead atoms. The van der Waals surface area contributed by atoms with Gasteiger partial charge in [0.1, 0.15) is 12.1 Å². The van der Waals surface area contributed by atoms with E-state index >= 15 is 0 Å². The first-order valence-electron chi connectivity index (χ1n) is 11.1. The molecule has 3 rings (SSSR count). The van der Waals surface area contributed by atoms with Crippen LogP contribution in [0.2, 0.25) is 0 Å². The summed E-state index contributed by atoms with van der Waals surface area (Å²) >= 11 is 0. The number of carboxylic acids is 1. The Morgan fingerprint density at radius 1 is 0.906 bits per heavy atom. The third kappa shape index (κ3) is 6.23. The van der Waals surface area contributed by atoms with E-state index in [1.807, 2.05) is 30.3 Å². The van der Waals surface area contributed by atoms with Crippen LogP contribution in [0.1, 0.15) is 54.4 Å². The molecule has 1 aliphatic carbocycles. The number of carboxylic acid groups (broad SMARTS) is 1. The average Bonchev–Trinajstić information content (AvgIpc) is 3.05. The molecule has 1 amide bonds. The lowest BCUT2D eigenvalue weighted by molar-refractivity contribution is -0.145. The molecule has 0 aliphatic heterocycles. The van der Waals surface area contributed by atoms with Gasteiger partial charge in [0.2, 0.25) is 0 Å². The molecule has 0 unspecified atom stereocenters. The number of benzene rings is 2. The lowest BCUT2D eigenvalue weighted by atomic mass is 9.90. The van der Waals surface area contributed by atoms with Crippen molar-refractivity contribution in [2.75, 3.05) is 19.8 Å².